The predicted molar refractivity (Wildman–Crippen MR) is 56.8 cm³/mol. The molecule has 1 aliphatic heterocycles. The smallest absolute Gasteiger partial charge is 0.141 e. The van der Waals surface area contributed by atoms with Crippen molar-refractivity contribution in [2.24, 2.45) is 16.7 Å². The molecule has 0 aromatic rings. The monoisotopic (exact) mass is 214 g/mol. The molecule has 3 nitrogen and oxygen atoms in total. The van der Waals surface area contributed by atoms with Gasteiger partial charge in [-0.1, -0.05) is 39.7 Å². The summed E-state index contributed by atoms with van der Waals surface area (Å²) in [4.78, 5) is 10.9. The Hall–Kier alpha value is -0.120. The van der Waals surface area contributed by atoms with Crippen molar-refractivity contribution in [2.45, 2.75) is 59.7 Å². The summed E-state index contributed by atoms with van der Waals surface area (Å²) in [6.45, 7) is 15.4. The van der Waals surface area contributed by atoms with Crippen LogP contribution in [0.4, 0.5) is 0 Å². The Morgan fingerprint density at radius 2 is 1.40 bits per heavy atom. The van der Waals surface area contributed by atoms with Crippen LogP contribution < -0.4 is 0 Å². The lowest BCUT2D eigenvalue weighted by molar-refractivity contribution is -0.492. The molecule has 0 amide bonds. The van der Waals surface area contributed by atoms with E-state index in [-0.39, 0.29) is 16.4 Å². The summed E-state index contributed by atoms with van der Waals surface area (Å²) in [6.07, 6.45) is 0. The van der Waals surface area contributed by atoms with Crippen LogP contribution in [0.15, 0.2) is 0 Å². The highest BCUT2D eigenvalue weighted by Gasteiger charge is 2.76. The second-order valence-corrected chi connectivity index (χ2v) is 6.44. The third kappa shape index (κ3) is 0.891. The molecule has 2 aliphatic rings. The molecule has 1 aliphatic carbocycles. The van der Waals surface area contributed by atoms with E-state index in [1.54, 1.807) is 0 Å². The summed E-state index contributed by atoms with van der Waals surface area (Å²) in [6, 6.07) is 0. The van der Waals surface area contributed by atoms with Crippen LogP contribution in [0.1, 0.15) is 48.5 Å². The van der Waals surface area contributed by atoms with Gasteiger partial charge in [0.2, 0.25) is 0 Å². The van der Waals surface area contributed by atoms with Gasteiger partial charge in [-0.25, -0.2) is 0 Å². The third-order valence-electron chi connectivity index (χ3n) is 6.07. The molecule has 1 saturated heterocycles. The summed E-state index contributed by atoms with van der Waals surface area (Å²) < 4.78 is 0. The Labute approximate surface area is 91.9 Å². The molecule has 3 heteroatoms. The molecule has 1 saturated carbocycles. The molecular weight excluding hydrogens is 192 g/mol. The molecule has 0 radical (unpaired) electrons. The molecule has 3 unspecified atom stereocenters. The van der Waals surface area contributed by atoms with E-state index in [0.29, 0.717) is 5.92 Å². The fraction of sp³-hybridized carbons (Fsp3) is 1.00. The summed E-state index contributed by atoms with van der Waals surface area (Å²) in [5.41, 5.74) is -0.645. The van der Waals surface area contributed by atoms with Gasteiger partial charge in [-0.15, -0.1) is 0 Å². The van der Waals surface area contributed by atoms with Crippen molar-refractivity contribution >= 4 is 0 Å². The summed E-state index contributed by atoms with van der Waals surface area (Å²) in [5, 5.41) is 4.82. The van der Waals surface area contributed by atoms with E-state index in [4.69, 9.17) is 14.8 Å². The number of hydrogen-bond donors (Lipinski definition) is 0. The van der Waals surface area contributed by atoms with Gasteiger partial charge >= 0.3 is 0 Å². The van der Waals surface area contributed by atoms with Crippen LogP contribution in [0, 0.1) is 16.7 Å². The van der Waals surface area contributed by atoms with Gasteiger partial charge in [0, 0.05) is 5.41 Å². The maximum Gasteiger partial charge on any atom is 0.141 e. The van der Waals surface area contributed by atoms with E-state index in [1.165, 1.54) is 0 Å². The van der Waals surface area contributed by atoms with Crippen molar-refractivity contribution in [1.29, 1.82) is 0 Å². The van der Waals surface area contributed by atoms with Crippen molar-refractivity contribution in [3.63, 3.8) is 0 Å². The molecule has 2 rings (SSSR count). The molecular formula is C12H22O3. The molecule has 0 N–H and O–H groups in total. The van der Waals surface area contributed by atoms with Crippen LogP contribution in [0.3, 0.4) is 0 Å². The topological polar surface area (TPSA) is 27.7 Å². The number of rotatable bonds is 0. The molecule has 0 aromatic heterocycles. The maximum absolute atomic E-state index is 5.47. The minimum Gasteiger partial charge on any atom is -0.196 e. The number of fused-ring (bicyclic) bond motifs is 1. The Kier molecular flexibility index (Phi) is 1.95. The Bertz CT molecular complexity index is 290. The third-order valence-corrected chi connectivity index (χ3v) is 6.07. The van der Waals surface area contributed by atoms with Crippen molar-refractivity contribution in [2.75, 3.05) is 0 Å². The standard InChI is InChI=1S/C12H22O3/c1-8-9(2,3)10(4,5)12(7)11(8,6)13-15-14-12/h8H,1-7H3. The largest absolute Gasteiger partial charge is 0.196 e. The summed E-state index contributed by atoms with van der Waals surface area (Å²) in [7, 11) is 0. The molecule has 2 fully saturated rings. The average molecular weight is 214 g/mol. The lowest BCUT2D eigenvalue weighted by atomic mass is 9.63. The molecule has 88 valence electrons. The first kappa shape index (κ1) is 11.4. The van der Waals surface area contributed by atoms with E-state index >= 15 is 0 Å². The zero-order valence-corrected chi connectivity index (χ0v) is 10.8. The zero-order chi connectivity index (χ0) is 11.7. The minimum absolute atomic E-state index is 0.00926. The normalized spacial score (nSPS) is 51.8. The molecule has 1 heterocycles. The fourth-order valence-electron chi connectivity index (χ4n) is 3.37. The Morgan fingerprint density at radius 3 is 1.87 bits per heavy atom. The first-order valence-corrected chi connectivity index (χ1v) is 5.65. The van der Waals surface area contributed by atoms with E-state index in [9.17, 15) is 0 Å². The van der Waals surface area contributed by atoms with Crippen molar-refractivity contribution < 1.29 is 14.8 Å². The Morgan fingerprint density at radius 1 is 0.867 bits per heavy atom. The van der Waals surface area contributed by atoms with Crippen LogP contribution in [0.5, 0.6) is 0 Å². The predicted octanol–water partition coefficient (Wildman–Crippen LogP) is 3.10. The summed E-state index contributed by atoms with van der Waals surface area (Å²) in [5.74, 6) is 0.368. The first-order chi connectivity index (χ1) is 6.61. The highest BCUT2D eigenvalue weighted by molar-refractivity contribution is 5.21. The van der Waals surface area contributed by atoms with Gasteiger partial charge in [-0.2, -0.15) is 9.78 Å². The lowest BCUT2D eigenvalue weighted by Gasteiger charge is -2.43. The second-order valence-electron chi connectivity index (χ2n) is 6.44. The van der Waals surface area contributed by atoms with E-state index in [1.807, 2.05) is 0 Å². The SMILES string of the molecule is CC1C(C)(C)C(C)(C)C2(C)OOOC12C. The van der Waals surface area contributed by atoms with Crippen LogP contribution in [0.2, 0.25) is 0 Å². The first-order valence-electron chi connectivity index (χ1n) is 5.65. The quantitative estimate of drug-likeness (QED) is 0.580. The molecule has 0 bridgehead atoms. The van der Waals surface area contributed by atoms with Crippen molar-refractivity contribution in [3.05, 3.63) is 0 Å². The van der Waals surface area contributed by atoms with Crippen LogP contribution in [0.25, 0.3) is 0 Å². The lowest BCUT2D eigenvalue weighted by Crippen LogP contribution is -2.52. The van der Waals surface area contributed by atoms with Crippen LogP contribution >= 0.6 is 0 Å². The van der Waals surface area contributed by atoms with Gasteiger partial charge in [-0.05, 0) is 25.2 Å². The second kappa shape index (κ2) is 2.58. The zero-order valence-electron chi connectivity index (χ0n) is 10.8. The molecule has 15 heavy (non-hydrogen) atoms. The van der Waals surface area contributed by atoms with Gasteiger partial charge < -0.3 is 0 Å². The fourth-order valence-corrected chi connectivity index (χ4v) is 3.37. The van der Waals surface area contributed by atoms with Crippen molar-refractivity contribution in [1.82, 2.24) is 0 Å². The summed E-state index contributed by atoms with van der Waals surface area (Å²) >= 11 is 0. The number of hydrogen-bond acceptors (Lipinski definition) is 3. The van der Waals surface area contributed by atoms with Crippen LogP contribution in [-0.4, -0.2) is 11.2 Å². The molecule has 3 atom stereocenters. The highest BCUT2D eigenvalue weighted by atomic mass is 17.5. The maximum atomic E-state index is 5.47. The van der Waals surface area contributed by atoms with Gasteiger partial charge in [-0.3, -0.25) is 0 Å². The van der Waals surface area contributed by atoms with Gasteiger partial charge in [0.05, 0.1) is 0 Å². The van der Waals surface area contributed by atoms with Gasteiger partial charge in [0.1, 0.15) is 11.2 Å². The minimum atomic E-state index is -0.400. The van der Waals surface area contributed by atoms with Gasteiger partial charge in [0.15, 0.2) is 0 Å². The van der Waals surface area contributed by atoms with Crippen LogP contribution in [-0.2, 0) is 14.8 Å². The van der Waals surface area contributed by atoms with E-state index < -0.39 is 5.60 Å². The van der Waals surface area contributed by atoms with E-state index in [0.717, 1.165) is 0 Å². The highest BCUT2D eigenvalue weighted by Crippen LogP contribution is 2.69. The molecule has 0 spiro atoms. The average Bonchev–Trinajstić information content (AvgIpc) is 2.46. The molecule has 0 aromatic carbocycles. The van der Waals surface area contributed by atoms with Gasteiger partial charge in [0.25, 0.3) is 0 Å². The Balaban J connectivity index is 2.61. The van der Waals surface area contributed by atoms with E-state index in [2.05, 4.69) is 48.5 Å². The van der Waals surface area contributed by atoms with Crippen molar-refractivity contribution in [3.8, 4) is 0 Å².